The van der Waals surface area contributed by atoms with E-state index in [1.165, 1.54) is 0 Å². The smallest absolute Gasteiger partial charge is 0.215 e. The van der Waals surface area contributed by atoms with Crippen LogP contribution < -0.4 is 0 Å². The van der Waals surface area contributed by atoms with Gasteiger partial charge in [0, 0.05) is 37.2 Å². The van der Waals surface area contributed by atoms with Gasteiger partial charge in [-0.1, -0.05) is 109 Å². The van der Waals surface area contributed by atoms with Crippen molar-refractivity contribution in [1.82, 2.24) is 0 Å². The lowest BCUT2D eigenvalue weighted by molar-refractivity contribution is 0.0967. The van der Waals surface area contributed by atoms with E-state index < -0.39 is 33.2 Å². The standard InChI is InChI=1S/C32H30O5S/c33-21-19-29(31(35)27-15-11-25(12-16-27)23-7-3-1-4-8-23)38(37)30(20-22-34)32(36)28-17-13-26(14-18-28)24-9-5-2-6-10-24/h1-18,29-30,33-34H,19-22H2. The summed E-state index contributed by atoms with van der Waals surface area (Å²) in [4.78, 5) is 26.8. The van der Waals surface area contributed by atoms with Crippen molar-refractivity contribution in [2.75, 3.05) is 13.2 Å². The average Bonchev–Trinajstić information content (AvgIpc) is 2.99. The van der Waals surface area contributed by atoms with Gasteiger partial charge in [-0.15, -0.1) is 0 Å². The van der Waals surface area contributed by atoms with Gasteiger partial charge in [0.1, 0.15) is 0 Å². The molecule has 0 amide bonds. The molecule has 194 valence electrons. The number of Topliss-reactive ketones (excluding diaryl/α,β-unsaturated/α-hetero) is 2. The molecular formula is C32H30O5S. The number of hydrogen-bond acceptors (Lipinski definition) is 5. The normalized spacial score (nSPS) is 13.4. The third kappa shape index (κ3) is 6.47. The van der Waals surface area contributed by atoms with Crippen LogP contribution in [-0.2, 0) is 11.2 Å². The first-order valence-electron chi connectivity index (χ1n) is 12.5. The largest absolute Gasteiger partial charge is 0.615 e. The summed E-state index contributed by atoms with van der Waals surface area (Å²) in [6, 6.07) is 33.5. The van der Waals surface area contributed by atoms with Crippen molar-refractivity contribution < 1.29 is 24.4 Å². The number of rotatable bonds is 12. The molecule has 2 atom stereocenters. The summed E-state index contributed by atoms with van der Waals surface area (Å²) in [5.41, 5.74) is 4.61. The van der Waals surface area contributed by atoms with Crippen molar-refractivity contribution in [1.29, 1.82) is 0 Å². The van der Waals surface area contributed by atoms with E-state index in [1.807, 2.05) is 84.9 Å². The van der Waals surface area contributed by atoms with E-state index in [1.54, 1.807) is 24.3 Å². The minimum absolute atomic E-state index is 0.0476. The van der Waals surface area contributed by atoms with E-state index in [-0.39, 0.29) is 26.1 Å². The number of carbonyl (C=O) groups is 2. The molecule has 0 heterocycles. The van der Waals surface area contributed by atoms with Gasteiger partial charge in [0.05, 0.1) is 0 Å². The molecule has 0 aliphatic rings. The number of aliphatic hydroxyl groups is 2. The maximum absolute atomic E-state index is 13.7. The summed E-state index contributed by atoms with van der Waals surface area (Å²) in [6.45, 7) is -0.702. The molecule has 0 fully saturated rings. The van der Waals surface area contributed by atoms with E-state index in [0.717, 1.165) is 22.3 Å². The highest BCUT2D eigenvalue weighted by molar-refractivity contribution is 7.94. The summed E-state index contributed by atoms with van der Waals surface area (Å²) in [6.07, 6.45) is -0.0952. The van der Waals surface area contributed by atoms with Gasteiger partial charge in [-0.3, -0.25) is 9.59 Å². The van der Waals surface area contributed by atoms with Gasteiger partial charge >= 0.3 is 0 Å². The van der Waals surface area contributed by atoms with Crippen LogP contribution in [0.15, 0.2) is 109 Å². The lowest BCUT2D eigenvalue weighted by atomic mass is 10.0. The minimum atomic E-state index is -1.96. The maximum atomic E-state index is 13.7. The number of carbonyl (C=O) groups excluding carboxylic acids is 2. The van der Waals surface area contributed by atoms with Crippen molar-refractivity contribution in [3.63, 3.8) is 0 Å². The van der Waals surface area contributed by atoms with Gasteiger partial charge in [0.15, 0.2) is 10.5 Å². The Labute approximate surface area is 226 Å². The second-order valence-electron chi connectivity index (χ2n) is 8.95. The Morgan fingerprint density at radius 1 is 0.553 bits per heavy atom. The first kappa shape index (κ1) is 27.5. The van der Waals surface area contributed by atoms with Crippen LogP contribution in [0.2, 0.25) is 0 Å². The second-order valence-corrected chi connectivity index (χ2v) is 10.7. The van der Waals surface area contributed by atoms with E-state index in [4.69, 9.17) is 0 Å². The van der Waals surface area contributed by atoms with Crippen LogP contribution >= 0.6 is 0 Å². The molecule has 2 unspecified atom stereocenters. The molecular weight excluding hydrogens is 496 g/mol. The molecule has 4 aromatic rings. The van der Waals surface area contributed by atoms with Gasteiger partial charge in [0.2, 0.25) is 11.6 Å². The molecule has 0 radical (unpaired) electrons. The van der Waals surface area contributed by atoms with Gasteiger partial charge in [0.25, 0.3) is 0 Å². The zero-order valence-electron chi connectivity index (χ0n) is 20.9. The van der Waals surface area contributed by atoms with Crippen molar-refractivity contribution in [3.05, 3.63) is 120 Å². The van der Waals surface area contributed by atoms with Crippen molar-refractivity contribution in [3.8, 4) is 22.3 Å². The number of aliphatic hydroxyl groups excluding tert-OH is 2. The van der Waals surface area contributed by atoms with Crippen molar-refractivity contribution >= 4 is 22.7 Å². The summed E-state index contributed by atoms with van der Waals surface area (Å²) in [5, 5.41) is 17.2. The zero-order valence-corrected chi connectivity index (χ0v) is 21.7. The highest BCUT2D eigenvalue weighted by atomic mass is 32.2. The minimum Gasteiger partial charge on any atom is -0.615 e. The van der Waals surface area contributed by atoms with E-state index in [2.05, 4.69) is 0 Å². The molecule has 2 N–H and O–H groups in total. The van der Waals surface area contributed by atoms with Crippen LogP contribution in [0.4, 0.5) is 0 Å². The van der Waals surface area contributed by atoms with Crippen LogP contribution in [0.3, 0.4) is 0 Å². The first-order valence-corrected chi connectivity index (χ1v) is 13.8. The predicted molar refractivity (Wildman–Crippen MR) is 152 cm³/mol. The molecule has 0 bridgehead atoms. The molecule has 38 heavy (non-hydrogen) atoms. The highest BCUT2D eigenvalue weighted by Gasteiger charge is 2.40. The SMILES string of the molecule is O=C(c1ccc(-c2ccccc2)cc1)C(CCO)[S+]([O-])C(CCO)C(=O)c1ccc(-c2ccccc2)cc1. The van der Waals surface area contributed by atoms with E-state index >= 15 is 0 Å². The molecule has 0 aliphatic heterocycles. The fourth-order valence-corrected chi connectivity index (χ4v) is 6.19. The van der Waals surface area contributed by atoms with Gasteiger partial charge in [-0.05, 0) is 33.4 Å². The molecule has 5 nitrogen and oxygen atoms in total. The molecule has 0 aliphatic carbocycles. The monoisotopic (exact) mass is 526 g/mol. The van der Waals surface area contributed by atoms with Crippen molar-refractivity contribution in [2.24, 2.45) is 0 Å². The Bertz CT molecular complexity index is 1220. The summed E-state index contributed by atoms with van der Waals surface area (Å²) in [7, 11) is 0. The van der Waals surface area contributed by atoms with E-state index in [9.17, 15) is 24.4 Å². The Hall–Kier alpha value is -3.55. The van der Waals surface area contributed by atoms with Crippen LogP contribution in [-0.4, -0.2) is 50.0 Å². The Kier molecular flexibility index (Phi) is 9.62. The quantitative estimate of drug-likeness (QED) is 0.192. The average molecular weight is 527 g/mol. The third-order valence-corrected chi connectivity index (χ3v) is 8.50. The number of hydrogen-bond donors (Lipinski definition) is 2. The molecule has 0 saturated heterocycles. The number of ketones is 2. The molecule has 4 rings (SSSR count). The molecule has 4 aromatic carbocycles. The maximum Gasteiger partial charge on any atom is 0.215 e. The van der Waals surface area contributed by atoms with Gasteiger partial charge in [-0.25, -0.2) is 0 Å². The third-order valence-electron chi connectivity index (χ3n) is 6.48. The number of benzene rings is 4. The summed E-state index contributed by atoms with van der Waals surface area (Å²) in [5.74, 6) is -0.792. The first-order chi connectivity index (χ1) is 18.5. The molecule has 0 aromatic heterocycles. The zero-order chi connectivity index (χ0) is 26.9. The van der Waals surface area contributed by atoms with Gasteiger partial charge < -0.3 is 14.8 Å². The van der Waals surface area contributed by atoms with E-state index in [0.29, 0.717) is 11.1 Å². The predicted octanol–water partition coefficient (Wildman–Crippen LogP) is 5.34. The van der Waals surface area contributed by atoms with Crippen LogP contribution in [0.5, 0.6) is 0 Å². The molecule has 0 saturated carbocycles. The lowest BCUT2D eigenvalue weighted by Crippen LogP contribution is -2.42. The Morgan fingerprint density at radius 2 is 0.868 bits per heavy atom. The molecule has 6 heteroatoms. The fraction of sp³-hybridized carbons (Fsp3) is 0.188. The fourth-order valence-electron chi connectivity index (χ4n) is 4.43. The summed E-state index contributed by atoms with van der Waals surface area (Å²) < 4.78 is 13.7. The van der Waals surface area contributed by atoms with Crippen LogP contribution in [0.25, 0.3) is 22.3 Å². The summed E-state index contributed by atoms with van der Waals surface area (Å²) >= 11 is -1.96. The van der Waals surface area contributed by atoms with Gasteiger partial charge in [-0.2, -0.15) is 0 Å². The lowest BCUT2D eigenvalue weighted by Gasteiger charge is -2.26. The topological polar surface area (TPSA) is 97.7 Å². The molecule has 0 spiro atoms. The highest BCUT2D eigenvalue weighted by Crippen LogP contribution is 2.26. The van der Waals surface area contributed by atoms with Crippen molar-refractivity contribution in [2.45, 2.75) is 23.3 Å². The van der Waals surface area contributed by atoms with Crippen LogP contribution in [0.1, 0.15) is 33.6 Å². The van der Waals surface area contributed by atoms with Crippen LogP contribution in [0, 0.1) is 0 Å². The Balaban J connectivity index is 1.55. The second kappa shape index (κ2) is 13.3. The Morgan fingerprint density at radius 3 is 1.18 bits per heavy atom.